The molecule has 0 saturated heterocycles. The maximum Gasteiger partial charge on any atom is 0.120 e. The molecule has 0 aliphatic rings. The zero-order chi connectivity index (χ0) is 11.6. The summed E-state index contributed by atoms with van der Waals surface area (Å²) in [5.74, 6) is 0.349. The second-order valence-corrected chi connectivity index (χ2v) is 3.77. The van der Waals surface area contributed by atoms with Gasteiger partial charge in [-0.15, -0.1) is 0 Å². The average molecular weight is 223 g/mol. The van der Waals surface area contributed by atoms with Gasteiger partial charge in [0.05, 0.1) is 6.61 Å². The van der Waals surface area contributed by atoms with E-state index in [0.717, 1.165) is 31.7 Å². The number of rotatable bonds is 8. The third-order valence-corrected chi connectivity index (χ3v) is 2.37. The molecule has 0 aliphatic carbocycles. The molecule has 0 amide bonds. The number of ether oxygens (including phenoxy) is 1. The van der Waals surface area contributed by atoms with E-state index in [2.05, 4.69) is 12.2 Å². The number of nitrogens with one attached hydrogen (secondary N) is 1. The molecule has 16 heavy (non-hydrogen) atoms. The fourth-order valence-corrected chi connectivity index (χ4v) is 1.38. The van der Waals surface area contributed by atoms with Crippen molar-refractivity contribution in [1.82, 2.24) is 5.32 Å². The highest BCUT2D eigenvalue weighted by molar-refractivity contribution is 5.31. The molecule has 0 bridgehead atoms. The van der Waals surface area contributed by atoms with Crippen LogP contribution in [0.2, 0.25) is 0 Å². The van der Waals surface area contributed by atoms with E-state index in [0.29, 0.717) is 12.3 Å². The molecule has 0 aliphatic heterocycles. The van der Waals surface area contributed by atoms with Crippen LogP contribution in [0.4, 0.5) is 0 Å². The summed E-state index contributed by atoms with van der Waals surface area (Å²) in [4.78, 5) is 0. The van der Waals surface area contributed by atoms with Crippen LogP contribution in [0.3, 0.4) is 0 Å². The molecule has 0 spiro atoms. The maximum atomic E-state index is 9.51. The lowest BCUT2D eigenvalue weighted by atomic mass is 10.2. The molecule has 3 heteroatoms. The Morgan fingerprint density at radius 2 is 2.06 bits per heavy atom. The lowest BCUT2D eigenvalue weighted by molar-refractivity contribution is 0.133. The van der Waals surface area contributed by atoms with Gasteiger partial charge < -0.3 is 15.2 Å². The van der Waals surface area contributed by atoms with Gasteiger partial charge in [-0.1, -0.05) is 31.5 Å². The summed E-state index contributed by atoms with van der Waals surface area (Å²) in [6.45, 7) is 5.23. The van der Waals surface area contributed by atoms with Gasteiger partial charge in [-0.2, -0.15) is 0 Å². The maximum absolute atomic E-state index is 9.51. The van der Waals surface area contributed by atoms with Gasteiger partial charge in [0.25, 0.3) is 0 Å². The standard InChI is InChI=1S/C13H21NO2/c1-2-3-9-16-10-8-14-11-12-6-4-5-7-13(12)15/h4-7,14-15H,2-3,8-11H2,1H3. The lowest BCUT2D eigenvalue weighted by Gasteiger charge is -2.07. The first-order valence-electron chi connectivity index (χ1n) is 5.90. The number of unbranched alkanes of at least 4 members (excludes halogenated alkanes) is 1. The van der Waals surface area contributed by atoms with Crippen LogP contribution in [0, 0.1) is 0 Å². The van der Waals surface area contributed by atoms with E-state index in [4.69, 9.17) is 4.74 Å². The molecule has 90 valence electrons. The molecule has 1 aromatic carbocycles. The van der Waals surface area contributed by atoms with E-state index >= 15 is 0 Å². The summed E-state index contributed by atoms with van der Waals surface area (Å²) in [5.41, 5.74) is 0.927. The van der Waals surface area contributed by atoms with Gasteiger partial charge in [0.1, 0.15) is 5.75 Å². The fourth-order valence-electron chi connectivity index (χ4n) is 1.38. The fraction of sp³-hybridized carbons (Fsp3) is 0.538. The quantitative estimate of drug-likeness (QED) is 0.664. The highest BCUT2D eigenvalue weighted by atomic mass is 16.5. The lowest BCUT2D eigenvalue weighted by Crippen LogP contribution is -2.19. The number of aromatic hydroxyl groups is 1. The summed E-state index contributed by atoms with van der Waals surface area (Å²) < 4.78 is 5.42. The third-order valence-electron chi connectivity index (χ3n) is 2.37. The molecular weight excluding hydrogens is 202 g/mol. The molecule has 0 fully saturated rings. The summed E-state index contributed by atoms with van der Waals surface area (Å²) in [5, 5.41) is 12.7. The first kappa shape index (κ1) is 13.0. The third kappa shape index (κ3) is 5.14. The molecule has 0 heterocycles. The van der Waals surface area contributed by atoms with E-state index < -0.39 is 0 Å². The molecule has 1 rings (SSSR count). The van der Waals surface area contributed by atoms with Crippen molar-refractivity contribution >= 4 is 0 Å². The van der Waals surface area contributed by atoms with E-state index in [9.17, 15) is 5.11 Å². The Bertz CT molecular complexity index is 289. The molecule has 0 saturated carbocycles. The van der Waals surface area contributed by atoms with Crippen molar-refractivity contribution in [2.75, 3.05) is 19.8 Å². The van der Waals surface area contributed by atoms with Crippen LogP contribution >= 0.6 is 0 Å². The van der Waals surface area contributed by atoms with Crippen LogP contribution in [0.15, 0.2) is 24.3 Å². The van der Waals surface area contributed by atoms with Gasteiger partial charge in [-0.3, -0.25) is 0 Å². The topological polar surface area (TPSA) is 41.5 Å². The highest BCUT2D eigenvalue weighted by Crippen LogP contribution is 2.14. The Hall–Kier alpha value is -1.06. The molecule has 0 aromatic heterocycles. The Balaban J connectivity index is 2.05. The van der Waals surface area contributed by atoms with E-state index in [-0.39, 0.29) is 0 Å². The minimum Gasteiger partial charge on any atom is -0.508 e. The van der Waals surface area contributed by atoms with E-state index in [1.165, 1.54) is 6.42 Å². The normalized spacial score (nSPS) is 10.6. The van der Waals surface area contributed by atoms with Crippen molar-refractivity contribution in [3.8, 4) is 5.75 Å². The average Bonchev–Trinajstić information content (AvgIpc) is 2.30. The van der Waals surface area contributed by atoms with Crippen LogP contribution in [-0.4, -0.2) is 24.9 Å². The smallest absolute Gasteiger partial charge is 0.120 e. The number of hydrogen-bond acceptors (Lipinski definition) is 3. The first-order valence-corrected chi connectivity index (χ1v) is 5.90. The molecular formula is C13H21NO2. The molecule has 2 N–H and O–H groups in total. The van der Waals surface area contributed by atoms with Crippen molar-refractivity contribution in [3.05, 3.63) is 29.8 Å². The molecule has 3 nitrogen and oxygen atoms in total. The van der Waals surface area contributed by atoms with E-state index in [1.54, 1.807) is 6.07 Å². The van der Waals surface area contributed by atoms with Gasteiger partial charge >= 0.3 is 0 Å². The summed E-state index contributed by atoms with van der Waals surface area (Å²) in [6, 6.07) is 7.37. The van der Waals surface area contributed by atoms with Crippen LogP contribution in [0.5, 0.6) is 5.75 Å². The molecule has 1 aromatic rings. The number of para-hydroxylation sites is 1. The summed E-state index contributed by atoms with van der Waals surface area (Å²) in [6.07, 6.45) is 2.30. The minimum atomic E-state index is 0.349. The number of phenols is 1. The van der Waals surface area contributed by atoms with Crippen molar-refractivity contribution in [2.24, 2.45) is 0 Å². The van der Waals surface area contributed by atoms with Gasteiger partial charge in [0.15, 0.2) is 0 Å². The summed E-state index contributed by atoms with van der Waals surface area (Å²) in [7, 11) is 0. The summed E-state index contributed by atoms with van der Waals surface area (Å²) >= 11 is 0. The van der Waals surface area contributed by atoms with Gasteiger partial charge in [-0.05, 0) is 12.5 Å². The Morgan fingerprint density at radius 1 is 1.25 bits per heavy atom. The number of phenolic OH excluding ortho intramolecular Hbond substituents is 1. The van der Waals surface area contributed by atoms with Crippen molar-refractivity contribution in [3.63, 3.8) is 0 Å². The zero-order valence-corrected chi connectivity index (χ0v) is 9.91. The molecule has 0 unspecified atom stereocenters. The second kappa shape index (κ2) is 8.13. The second-order valence-electron chi connectivity index (χ2n) is 3.77. The number of hydrogen-bond donors (Lipinski definition) is 2. The van der Waals surface area contributed by atoms with Gasteiger partial charge in [0.2, 0.25) is 0 Å². The van der Waals surface area contributed by atoms with E-state index in [1.807, 2.05) is 18.2 Å². The zero-order valence-electron chi connectivity index (χ0n) is 9.91. The monoisotopic (exact) mass is 223 g/mol. The van der Waals surface area contributed by atoms with Gasteiger partial charge in [-0.25, -0.2) is 0 Å². The van der Waals surface area contributed by atoms with Crippen LogP contribution in [-0.2, 0) is 11.3 Å². The predicted octanol–water partition coefficient (Wildman–Crippen LogP) is 2.30. The predicted molar refractivity (Wildman–Crippen MR) is 65.5 cm³/mol. The minimum absolute atomic E-state index is 0.349. The van der Waals surface area contributed by atoms with Crippen LogP contribution in [0.1, 0.15) is 25.3 Å². The van der Waals surface area contributed by atoms with Crippen molar-refractivity contribution in [1.29, 1.82) is 0 Å². The SMILES string of the molecule is CCCCOCCNCc1ccccc1O. The Morgan fingerprint density at radius 3 is 2.81 bits per heavy atom. The highest BCUT2D eigenvalue weighted by Gasteiger charge is 1.97. The Labute approximate surface area is 97.4 Å². The molecule has 0 radical (unpaired) electrons. The van der Waals surface area contributed by atoms with Gasteiger partial charge in [0, 0.05) is 25.3 Å². The Kier molecular flexibility index (Phi) is 6.61. The number of benzene rings is 1. The van der Waals surface area contributed by atoms with Crippen LogP contribution < -0.4 is 5.32 Å². The van der Waals surface area contributed by atoms with Crippen molar-refractivity contribution < 1.29 is 9.84 Å². The first-order chi connectivity index (χ1) is 7.84. The largest absolute Gasteiger partial charge is 0.508 e. The van der Waals surface area contributed by atoms with Crippen LogP contribution in [0.25, 0.3) is 0 Å². The molecule has 0 atom stereocenters. The van der Waals surface area contributed by atoms with Crippen molar-refractivity contribution in [2.45, 2.75) is 26.3 Å².